The minimum Gasteiger partial charge on any atom is -0.310 e. The summed E-state index contributed by atoms with van der Waals surface area (Å²) in [7, 11) is 2.01. The highest BCUT2D eigenvalue weighted by molar-refractivity contribution is 6.32. The van der Waals surface area contributed by atoms with Crippen molar-refractivity contribution in [1.29, 1.82) is 0 Å². The molecule has 1 aromatic rings. The number of benzene rings is 1. The van der Waals surface area contributed by atoms with E-state index in [9.17, 15) is 0 Å². The maximum atomic E-state index is 6.42. The molecule has 17 heavy (non-hydrogen) atoms. The zero-order valence-corrected chi connectivity index (χ0v) is 11.3. The molecule has 1 atom stereocenters. The topological polar surface area (TPSA) is 12.0 Å². The second kappa shape index (κ2) is 5.70. The van der Waals surface area contributed by atoms with Gasteiger partial charge in [0.15, 0.2) is 0 Å². The van der Waals surface area contributed by atoms with Crippen LogP contribution in [-0.2, 0) is 0 Å². The zero-order chi connectivity index (χ0) is 12.3. The third-order valence-electron chi connectivity index (χ3n) is 3.52. The Morgan fingerprint density at radius 3 is 2.76 bits per heavy atom. The second-order valence-corrected chi connectivity index (χ2v) is 5.10. The third kappa shape index (κ3) is 2.72. The molecule has 1 aliphatic carbocycles. The monoisotopic (exact) mass is 249 g/mol. The van der Waals surface area contributed by atoms with Crippen LogP contribution in [0.2, 0.25) is 5.02 Å². The highest BCUT2D eigenvalue weighted by Crippen LogP contribution is 2.34. The van der Waals surface area contributed by atoms with Crippen molar-refractivity contribution < 1.29 is 0 Å². The molecular weight excluding hydrogens is 230 g/mol. The van der Waals surface area contributed by atoms with E-state index in [1.165, 1.54) is 36.8 Å². The molecule has 0 radical (unpaired) electrons. The first-order chi connectivity index (χ1) is 8.24. The average Bonchev–Trinajstić information content (AvgIpc) is 2.37. The van der Waals surface area contributed by atoms with E-state index in [4.69, 9.17) is 11.6 Å². The molecule has 1 nitrogen and oxygen atoms in total. The van der Waals surface area contributed by atoms with Crippen LogP contribution in [0, 0.1) is 6.92 Å². The Morgan fingerprint density at radius 2 is 2.12 bits per heavy atom. The number of rotatable bonds is 3. The van der Waals surface area contributed by atoms with Crippen molar-refractivity contribution in [2.24, 2.45) is 0 Å². The van der Waals surface area contributed by atoms with Gasteiger partial charge in [-0.05, 0) is 50.8 Å². The molecule has 0 spiro atoms. The summed E-state index contributed by atoms with van der Waals surface area (Å²) in [5.41, 5.74) is 3.86. The normalized spacial score (nSPS) is 17.7. The van der Waals surface area contributed by atoms with E-state index >= 15 is 0 Å². The minimum atomic E-state index is 0.280. The van der Waals surface area contributed by atoms with Gasteiger partial charge in [-0.15, -0.1) is 0 Å². The van der Waals surface area contributed by atoms with E-state index < -0.39 is 0 Å². The van der Waals surface area contributed by atoms with Crippen LogP contribution in [-0.4, -0.2) is 7.05 Å². The lowest BCUT2D eigenvalue weighted by molar-refractivity contribution is 0.593. The Kier molecular flexibility index (Phi) is 4.25. The van der Waals surface area contributed by atoms with Gasteiger partial charge in [-0.3, -0.25) is 0 Å². The van der Waals surface area contributed by atoms with E-state index in [-0.39, 0.29) is 6.04 Å². The number of likely N-dealkylation sites (N-methyl/N-ethyl adjacent to an activating group) is 1. The molecule has 1 unspecified atom stereocenters. The van der Waals surface area contributed by atoms with Gasteiger partial charge in [-0.25, -0.2) is 0 Å². The average molecular weight is 250 g/mol. The maximum Gasteiger partial charge on any atom is 0.0548 e. The first-order valence-electron chi connectivity index (χ1n) is 6.35. The minimum absolute atomic E-state index is 0.280. The van der Waals surface area contributed by atoms with Gasteiger partial charge in [0, 0.05) is 5.02 Å². The Balaban J connectivity index is 2.34. The fourth-order valence-electron chi connectivity index (χ4n) is 2.56. The molecule has 1 aliphatic rings. The number of nitrogens with one attached hydrogen (secondary N) is 1. The predicted molar refractivity (Wildman–Crippen MR) is 74.5 cm³/mol. The SMILES string of the molecule is CNC(C1=CCCCC1)c1cccc(C)c1Cl. The molecule has 2 rings (SSSR count). The number of hydrogen-bond acceptors (Lipinski definition) is 1. The Labute approximate surface area is 109 Å². The number of allylic oxidation sites excluding steroid dienone is 1. The first-order valence-corrected chi connectivity index (χ1v) is 6.73. The molecule has 0 fully saturated rings. The summed E-state index contributed by atoms with van der Waals surface area (Å²) in [5.74, 6) is 0. The van der Waals surface area contributed by atoms with Crippen LogP contribution in [0.4, 0.5) is 0 Å². The molecule has 0 aromatic heterocycles. The quantitative estimate of drug-likeness (QED) is 0.783. The number of halogens is 1. The number of aryl methyl sites for hydroxylation is 1. The van der Waals surface area contributed by atoms with Crippen LogP contribution < -0.4 is 5.32 Å². The lowest BCUT2D eigenvalue weighted by atomic mass is 9.89. The summed E-state index contributed by atoms with van der Waals surface area (Å²) >= 11 is 6.42. The summed E-state index contributed by atoms with van der Waals surface area (Å²) in [6, 6.07) is 6.56. The van der Waals surface area contributed by atoms with Crippen molar-refractivity contribution in [2.45, 2.75) is 38.6 Å². The van der Waals surface area contributed by atoms with Crippen LogP contribution in [0.3, 0.4) is 0 Å². The summed E-state index contributed by atoms with van der Waals surface area (Å²) in [5, 5.41) is 4.30. The largest absolute Gasteiger partial charge is 0.310 e. The summed E-state index contributed by atoms with van der Waals surface area (Å²) in [4.78, 5) is 0. The molecule has 92 valence electrons. The lowest BCUT2D eigenvalue weighted by Gasteiger charge is -2.24. The van der Waals surface area contributed by atoms with Crippen molar-refractivity contribution >= 4 is 11.6 Å². The van der Waals surface area contributed by atoms with Crippen molar-refractivity contribution in [3.05, 3.63) is 46.0 Å². The standard InChI is InChI=1S/C15H20ClN/c1-11-7-6-10-13(14(11)16)15(17-2)12-8-4-3-5-9-12/h6-8,10,15,17H,3-5,9H2,1-2H3. The summed E-state index contributed by atoms with van der Waals surface area (Å²) in [6.45, 7) is 2.06. The first kappa shape index (κ1) is 12.7. The van der Waals surface area contributed by atoms with Gasteiger partial charge in [0.05, 0.1) is 6.04 Å². The molecule has 0 bridgehead atoms. The lowest BCUT2D eigenvalue weighted by Crippen LogP contribution is -2.20. The molecule has 1 N–H and O–H groups in total. The van der Waals surface area contributed by atoms with E-state index in [0.29, 0.717) is 0 Å². The van der Waals surface area contributed by atoms with Crippen molar-refractivity contribution in [1.82, 2.24) is 5.32 Å². The highest BCUT2D eigenvalue weighted by atomic mass is 35.5. The van der Waals surface area contributed by atoms with E-state index in [1.54, 1.807) is 0 Å². The van der Waals surface area contributed by atoms with Crippen LogP contribution in [0.15, 0.2) is 29.8 Å². The molecule has 0 amide bonds. The smallest absolute Gasteiger partial charge is 0.0548 e. The van der Waals surface area contributed by atoms with Crippen LogP contribution in [0.25, 0.3) is 0 Å². The van der Waals surface area contributed by atoms with Gasteiger partial charge in [0.25, 0.3) is 0 Å². The Morgan fingerprint density at radius 1 is 1.29 bits per heavy atom. The zero-order valence-electron chi connectivity index (χ0n) is 10.6. The van der Waals surface area contributed by atoms with Crippen molar-refractivity contribution in [3.63, 3.8) is 0 Å². The van der Waals surface area contributed by atoms with Crippen molar-refractivity contribution in [2.75, 3.05) is 7.05 Å². The predicted octanol–water partition coefficient (Wildman–Crippen LogP) is 4.41. The summed E-state index contributed by atoms with van der Waals surface area (Å²) in [6.07, 6.45) is 7.39. The maximum absolute atomic E-state index is 6.42. The molecule has 1 aromatic carbocycles. The van der Waals surface area contributed by atoms with E-state index in [2.05, 4.69) is 36.5 Å². The van der Waals surface area contributed by atoms with Crippen LogP contribution >= 0.6 is 11.6 Å². The summed E-state index contributed by atoms with van der Waals surface area (Å²) < 4.78 is 0. The molecule has 0 aliphatic heterocycles. The van der Waals surface area contributed by atoms with Crippen LogP contribution in [0.5, 0.6) is 0 Å². The van der Waals surface area contributed by atoms with Crippen molar-refractivity contribution in [3.8, 4) is 0 Å². The molecule has 0 saturated heterocycles. The fourth-order valence-corrected chi connectivity index (χ4v) is 2.79. The van der Waals surface area contributed by atoms with Gasteiger partial charge in [0.2, 0.25) is 0 Å². The molecule has 0 saturated carbocycles. The number of hydrogen-bond donors (Lipinski definition) is 1. The fraction of sp³-hybridized carbons (Fsp3) is 0.467. The van der Waals surface area contributed by atoms with Gasteiger partial charge in [0.1, 0.15) is 0 Å². The Hall–Kier alpha value is -0.790. The highest BCUT2D eigenvalue weighted by Gasteiger charge is 2.19. The third-order valence-corrected chi connectivity index (χ3v) is 4.03. The van der Waals surface area contributed by atoms with Crippen LogP contribution in [0.1, 0.15) is 42.9 Å². The van der Waals surface area contributed by atoms with E-state index in [1.807, 2.05) is 7.05 Å². The second-order valence-electron chi connectivity index (χ2n) is 4.72. The van der Waals surface area contributed by atoms with E-state index in [0.717, 1.165) is 10.6 Å². The van der Waals surface area contributed by atoms with Gasteiger partial charge < -0.3 is 5.32 Å². The van der Waals surface area contributed by atoms with Gasteiger partial charge in [-0.1, -0.05) is 41.4 Å². The molecular formula is C15H20ClN. The van der Waals surface area contributed by atoms with Gasteiger partial charge in [-0.2, -0.15) is 0 Å². The van der Waals surface area contributed by atoms with Gasteiger partial charge >= 0.3 is 0 Å². The molecule has 2 heteroatoms. The molecule has 0 heterocycles. The Bertz CT molecular complexity index is 423.